The highest BCUT2D eigenvalue weighted by atomic mass is 15.2. The first-order valence-corrected chi connectivity index (χ1v) is 23.0. The first kappa shape index (κ1) is 37.6. The molecule has 14 rings (SSSR count). The molecule has 0 atom stereocenters. The fourth-order valence-corrected chi connectivity index (χ4v) is 11.1. The molecule has 0 bridgehead atoms. The number of rotatable bonds is 5. The van der Waals surface area contributed by atoms with Crippen LogP contribution in [0.2, 0.25) is 0 Å². The lowest BCUT2D eigenvalue weighted by Crippen LogP contribution is -2.61. The second-order valence-electron chi connectivity index (χ2n) is 17.7. The van der Waals surface area contributed by atoms with Crippen LogP contribution in [0, 0.1) is 0 Å². The van der Waals surface area contributed by atoms with Crippen molar-refractivity contribution in [1.82, 2.24) is 9.97 Å². The van der Waals surface area contributed by atoms with E-state index in [-0.39, 0.29) is 6.71 Å². The lowest BCUT2D eigenvalue weighted by molar-refractivity contribution is 1.18. The van der Waals surface area contributed by atoms with Crippen molar-refractivity contribution in [3.8, 4) is 33.9 Å². The molecule has 0 aliphatic carbocycles. The summed E-state index contributed by atoms with van der Waals surface area (Å²) in [5, 5.41) is 9.83. The molecule has 0 saturated heterocycles. The molecule has 0 radical (unpaired) electrons. The third-order valence-electron chi connectivity index (χ3n) is 14.0. The highest BCUT2D eigenvalue weighted by Gasteiger charge is 2.45. The van der Waals surface area contributed by atoms with Crippen molar-refractivity contribution in [2.75, 3.05) is 9.80 Å². The van der Waals surface area contributed by atoms with E-state index in [0.29, 0.717) is 5.82 Å². The molecule has 67 heavy (non-hydrogen) atoms. The van der Waals surface area contributed by atoms with Crippen molar-refractivity contribution in [2.45, 2.75) is 0 Å². The number of hydrogen-bond donors (Lipinski definition) is 0. The SMILES string of the molecule is c1ccc(-c2cc(-c3ccccc3)nc(-c3cc4c5c(c3)N(c3ccccc3)c3c(ccc6c3ccc3ccccc36)B5c3ccc5c(ccc6ccccc65)c3N4c3ccccc3)n2)cc1. The van der Waals surface area contributed by atoms with Crippen molar-refractivity contribution < 1.29 is 0 Å². The standard InChI is InChI=1S/C62H39BN4/c1-5-19-42(20-6-1)55-39-56(43-21-7-2-8-22-43)65-62(64-55)44-37-57-59-58(38-44)67(46-25-11-4-12-26-46)61-52-32-30-41-18-14-16-28-48(41)50(52)34-36-54(61)63(59)53-35-33-49-47-27-15-13-17-40(47)29-31-51(49)60(53)66(57)45-23-9-3-10-24-45/h1-39H. The minimum atomic E-state index is -0.0906. The molecule has 3 heterocycles. The number of anilines is 6. The van der Waals surface area contributed by atoms with Gasteiger partial charge in [-0.25, -0.2) is 9.97 Å². The van der Waals surface area contributed by atoms with Gasteiger partial charge in [-0.05, 0) is 91.2 Å². The molecule has 2 aliphatic heterocycles. The van der Waals surface area contributed by atoms with E-state index >= 15 is 0 Å². The van der Waals surface area contributed by atoms with Crippen molar-refractivity contribution >= 4 is 100 Å². The Labute approximate surface area is 388 Å². The Bertz CT molecular complexity index is 3680. The van der Waals surface area contributed by atoms with Gasteiger partial charge in [0.05, 0.1) is 11.4 Å². The summed E-state index contributed by atoms with van der Waals surface area (Å²) in [4.78, 5) is 16.0. The van der Waals surface area contributed by atoms with Crippen LogP contribution in [-0.4, -0.2) is 16.7 Å². The Kier molecular flexibility index (Phi) is 8.34. The summed E-state index contributed by atoms with van der Waals surface area (Å²) in [5.41, 5.74) is 15.3. The van der Waals surface area contributed by atoms with Crippen molar-refractivity contribution in [1.29, 1.82) is 0 Å². The van der Waals surface area contributed by atoms with E-state index in [0.717, 1.165) is 50.8 Å². The van der Waals surface area contributed by atoms with Crippen molar-refractivity contribution in [3.63, 3.8) is 0 Å². The van der Waals surface area contributed by atoms with Gasteiger partial charge in [0.2, 0.25) is 0 Å². The molecule has 0 amide bonds. The molecule has 0 saturated carbocycles. The predicted octanol–water partition coefficient (Wildman–Crippen LogP) is 14.2. The summed E-state index contributed by atoms with van der Waals surface area (Å²) in [5.74, 6) is 0.668. The van der Waals surface area contributed by atoms with E-state index < -0.39 is 0 Å². The molecule has 0 N–H and O–H groups in total. The molecule has 310 valence electrons. The highest BCUT2D eigenvalue weighted by molar-refractivity contribution is 7.00. The van der Waals surface area contributed by atoms with Gasteiger partial charge in [-0.2, -0.15) is 0 Å². The lowest BCUT2D eigenvalue weighted by atomic mass is 9.33. The van der Waals surface area contributed by atoms with Gasteiger partial charge in [0.25, 0.3) is 6.71 Å². The Morgan fingerprint density at radius 2 is 0.716 bits per heavy atom. The number of aromatic nitrogens is 2. The van der Waals surface area contributed by atoms with Crippen molar-refractivity contribution in [2.24, 2.45) is 0 Å². The first-order chi connectivity index (χ1) is 33.2. The molecule has 2 aliphatic rings. The van der Waals surface area contributed by atoms with Crippen LogP contribution < -0.4 is 26.2 Å². The largest absolute Gasteiger partial charge is 0.311 e. The maximum atomic E-state index is 5.46. The second-order valence-corrected chi connectivity index (χ2v) is 17.7. The molecule has 4 nitrogen and oxygen atoms in total. The average molecular weight is 851 g/mol. The van der Waals surface area contributed by atoms with Gasteiger partial charge >= 0.3 is 0 Å². The quantitative estimate of drug-likeness (QED) is 0.128. The Morgan fingerprint density at radius 1 is 0.313 bits per heavy atom. The van der Waals surface area contributed by atoms with Gasteiger partial charge in [0.15, 0.2) is 5.82 Å². The molecule has 11 aromatic carbocycles. The molecular weight excluding hydrogens is 812 g/mol. The molecule has 0 fully saturated rings. The predicted molar refractivity (Wildman–Crippen MR) is 282 cm³/mol. The smallest absolute Gasteiger partial charge is 0.252 e. The molecule has 12 aromatic rings. The molecule has 0 unspecified atom stereocenters. The summed E-state index contributed by atoms with van der Waals surface area (Å²) < 4.78 is 0. The second kappa shape index (κ2) is 14.9. The fourth-order valence-electron chi connectivity index (χ4n) is 11.1. The minimum Gasteiger partial charge on any atom is -0.311 e. The van der Waals surface area contributed by atoms with E-state index in [4.69, 9.17) is 9.97 Å². The number of benzene rings is 11. The fraction of sp³-hybridized carbons (Fsp3) is 0. The zero-order chi connectivity index (χ0) is 44.0. The van der Waals surface area contributed by atoms with E-state index in [1.807, 2.05) is 0 Å². The average Bonchev–Trinajstić information content (AvgIpc) is 3.41. The van der Waals surface area contributed by atoms with Crippen LogP contribution in [0.3, 0.4) is 0 Å². The van der Waals surface area contributed by atoms with E-state index in [1.165, 1.54) is 70.9 Å². The third kappa shape index (κ3) is 5.81. The third-order valence-corrected chi connectivity index (χ3v) is 14.0. The minimum absolute atomic E-state index is 0.0906. The monoisotopic (exact) mass is 850 g/mol. The molecule has 5 heteroatoms. The van der Waals surface area contributed by atoms with E-state index in [1.54, 1.807) is 0 Å². The zero-order valence-electron chi connectivity index (χ0n) is 36.4. The number of para-hydroxylation sites is 2. The van der Waals surface area contributed by atoms with Gasteiger partial charge in [-0.3, -0.25) is 0 Å². The van der Waals surface area contributed by atoms with Gasteiger partial charge in [-0.1, -0.05) is 194 Å². The normalized spacial score (nSPS) is 12.7. The molecular formula is C62H39BN4. The maximum absolute atomic E-state index is 5.46. The van der Waals surface area contributed by atoms with Gasteiger partial charge in [-0.15, -0.1) is 0 Å². The van der Waals surface area contributed by atoms with Crippen LogP contribution in [0.15, 0.2) is 237 Å². The van der Waals surface area contributed by atoms with Crippen LogP contribution in [-0.2, 0) is 0 Å². The number of nitrogens with zero attached hydrogens (tertiary/aromatic N) is 4. The maximum Gasteiger partial charge on any atom is 0.252 e. The van der Waals surface area contributed by atoms with Crippen LogP contribution in [0.1, 0.15) is 0 Å². The summed E-state index contributed by atoms with van der Waals surface area (Å²) in [6, 6.07) is 85.9. The summed E-state index contributed by atoms with van der Waals surface area (Å²) in [7, 11) is 0. The summed E-state index contributed by atoms with van der Waals surface area (Å²) >= 11 is 0. The van der Waals surface area contributed by atoms with Gasteiger partial charge in [0, 0.05) is 61.6 Å². The first-order valence-electron chi connectivity index (χ1n) is 23.0. The Morgan fingerprint density at radius 3 is 1.18 bits per heavy atom. The van der Waals surface area contributed by atoms with Crippen LogP contribution >= 0.6 is 0 Å². The van der Waals surface area contributed by atoms with E-state index in [2.05, 4.69) is 246 Å². The molecule has 0 spiro atoms. The number of fused-ring (bicyclic) bond motifs is 12. The van der Waals surface area contributed by atoms with Gasteiger partial charge in [0.1, 0.15) is 0 Å². The Hall–Kier alpha value is -8.80. The molecule has 1 aromatic heterocycles. The van der Waals surface area contributed by atoms with Gasteiger partial charge < -0.3 is 9.80 Å². The summed E-state index contributed by atoms with van der Waals surface area (Å²) in [6.07, 6.45) is 0. The van der Waals surface area contributed by atoms with Crippen LogP contribution in [0.5, 0.6) is 0 Å². The number of hydrogen-bond acceptors (Lipinski definition) is 4. The highest BCUT2D eigenvalue weighted by Crippen LogP contribution is 2.49. The van der Waals surface area contributed by atoms with Crippen LogP contribution in [0.25, 0.3) is 77.0 Å². The Balaban J connectivity index is 1.15. The topological polar surface area (TPSA) is 32.3 Å². The summed E-state index contributed by atoms with van der Waals surface area (Å²) in [6.45, 7) is -0.0906. The van der Waals surface area contributed by atoms with Crippen molar-refractivity contribution in [3.05, 3.63) is 237 Å². The van der Waals surface area contributed by atoms with Crippen LogP contribution in [0.4, 0.5) is 34.1 Å². The van der Waals surface area contributed by atoms with E-state index in [9.17, 15) is 0 Å². The lowest BCUT2D eigenvalue weighted by Gasteiger charge is -2.45. The zero-order valence-corrected chi connectivity index (χ0v) is 36.4.